The fraction of sp³-hybridized carbons (Fsp3) is 0.462. The average molecular weight is 249 g/mol. The number of ether oxygens (including phenoxy) is 1. The van der Waals surface area contributed by atoms with Gasteiger partial charge in [-0.15, -0.1) is 0 Å². The van der Waals surface area contributed by atoms with E-state index in [1.165, 1.54) is 18.6 Å². The van der Waals surface area contributed by atoms with Crippen LogP contribution in [0.4, 0.5) is 10.3 Å². The van der Waals surface area contributed by atoms with Gasteiger partial charge in [0.15, 0.2) is 0 Å². The van der Waals surface area contributed by atoms with Crippen molar-refractivity contribution in [2.24, 2.45) is 0 Å². The van der Waals surface area contributed by atoms with Gasteiger partial charge in [-0.05, 0) is 37.5 Å². The predicted molar refractivity (Wildman–Crippen MR) is 68.1 cm³/mol. The molecule has 96 valence electrons. The zero-order chi connectivity index (χ0) is 12.6. The third-order valence-corrected chi connectivity index (χ3v) is 3.72. The minimum absolute atomic E-state index is 0.0514. The number of rotatable bonds is 4. The number of halogens is 1. The molecule has 0 unspecified atom stereocenters. The monoisotopic (exact) mass is 249 g/mol. The number of anilines is 1. The molecule has 1 aliphatic rings. The lowest BCUT2D eigenvalue weighted by Crippen LogP contribution is -2.45. The molecule has 4 nitrogen and oxygen atoms in total. The highest BCUT2D eigenvalue weighted by Crippen LogP contribution is 2.34. The molecule has 0 aliphatic heterocycles. The summed E-state index contributed by atoms with van der Waals surface area (Å²) in [4.78, 5) is 7.42. The zero-order valence-corrected chi connectivity index (χ0v) is 10.3. The molecule has 2 aromatic rings. The molecule has 1 aromatic heterocycles. The van der Waals surface area contributed by atoms with E-state index in [-0.39, 0.29) is 11.4 Å². The summed E-state index contributed by atoms with van der Waals surface area (Å²) in [6.45, 7) is 0.728. The summed E-state index contributed by atoms with van der Waals surface area (Å²) in [5.74, 6) is 0.406. The normalized spacial score (nSPS) is 17.7. The van der Waals surface area contributed by atoms with Crippen LogP contribution in [0.25, 0.3) is 11.0 Å². The Morgan fingerprint density at radius 1 is 1.50 bits per heavy atom. The summed E-state index contributed by atoms with van der Waals surface area (Å²) in [5, 5.41) is 3.23. The molecule has 0 saturated heterocycles. The van der Waals surface area contributed by atoms with Gasteiger partial charge in [0.05, 0.1) is 16.6 Å². The van der Waals surface area contributed by atoms with Gasteiger partial charge in [-0.25, -0.2) is 9.37 Å². The van der Waals surface area contributed by atoms with Crippen molar-refractivity contribution >= 4 is 17.0 Å². The standard InChI is InChI=1S/C13H16FN3O/c1-18-13(5-2-6-13)8-15-12-16-10-4-3-9(14)7-11(10)17-12/h3-4,7H,2,5-6,8H2,1H3,(H2,15,16,17). The quantitative estimate of drug-likeness (QED) is 0.875. The molecule has 0 bridgehead atoms. The van der Waals surface area contributed by atoms with Crippen LogP contribution < -0.4 is 5.32 Å². The van der Waals surface area contributed by atoms with Crippen LogP contribution in [0.2, 0.25) is 0 Å². The Morgan fingerprint density at radius 3 is 3.00 bits per heavy atom. The number of methoxy groups -OCH3 is 1. The number of H-pyrrole nitrogens is 1. The van der Waals surface area contributed by atoms with Crippen molar-refractivity contribution in [3.63, 3.8) is 0 Å². The van der Waals surface area contributed by atoms with Gasteiger partial charge < -0.3 is 15.0 Å². The number of nitrogens with zero attached hydrogens (tertiary/aromatic N) is 1. The fourth-order valence-electron chi connectivity index (χ4n) is 2.33. The van der Waals surface area contributed by atoms with E-state index in [2.05, 4.69) is 15.3 Å². The molecule has 1 heterocycles. The van der Waals surface area contributed by atoms with E-state index < -0.39 is 0 Å². The summed E-state index contributed by atoms with van der Waals surface area (Å²) in [6.07, 6.45) is 3.36. The molecule has 1 aliphatic carbocycles. The second kappa shape index (κ2) is 4.24. The van der Waals surface area contributed by atoms with Crippen LogP contribution in [0, 0.1) is 5.82 Å². The largest absolute Gasteiger partial charge is 0.376 e. The average Bonchev–Trinajstić information content (AvgIpc) is 2.70. The van der Waals surface area contributed by atoms with Crippen LogP contribution >= 0.6 is 0 Å². The fourth-order valence-corrected chi connectivity index (χ4v) is 2.33. The SMILES string of the molecule is COC1(CNc2nc3ccc(F)cc3[nH]2)CCC1. The van der Waals surface area contributed by atoms with E-state index in [0.29, 0.717) is 11.5 Å². The molecule has 1 fully saturated rings. The van der Waals surface area contributed by atoms with E-state index in [1.807, 2.05) is 0 Å². The Labute approximate surface area is 105 Å². The molecule has 0 amide bonds. The third kappa shape index (κ3) is 1.95. The minimum Gasteiger partial charge on any atom is -0.376 e. The van der Waals surface area contributed by atoms with Crippen LogP contribution in [0.3, 0.4) is 0 Å². The zero-order valence-electron chi connectivity index (χ0n) is 10.3. The van der Waals surface area contributed by atoms with Gasteiger partial charge in [-0.2, -0.15) is 0 Å². The Kier molecular flexibility index (Phi) is 2.70. The van der Waals surface area contributed by atoms with Crippen molar-refractivity contribution in [2.45, 2.75) is 24.9 Å². The van der Waals surface area contributed by atoms with Gasteiger partial charge in [0.2, 0.25) is 5.95 Å². The summed E-state index contributed by atoms with van der Waals surface area (Å²) in [5.41, 5.74) is 1.42. The number of benzene rings is 1. The van der Waals surface area contributed by atoms with Crippen molar-refractivity contribution in [3.05, 3.63) is 24.0 Å². The Morgan fingerprint density at radius 2 is 2.33 bits per heavy atom. The molecule has 18 heavy (non-hydrogen) atoms. The first-order chi connectivity index (χ1) is 8.71. The van der Waals surface area contributed by atoms with Crippen LogP contribution in [0.15, 0.2) is 18.2 Å². The van der Waals surface area contributed by atoms with E-state index >= 15 is 0 Å². The van der Waals surface area contributed by atoms with Gasteiger partial charge in [0.1, 0.15) is 5.82 Å². The van der Waals surface area contributed by atoms with Crippen molar-refractivity contribution in [1.82, 2.24) is 9.97 Å². The molecule has 1 aromatic carbocycles. The van der Waals surface area contributed by atoms with Crippen molar-refractivity contribution in [1.29, 1.82) is 0 Å². The number of fused-ring (bicyclic) bond motifs is 1. The number of hydrogen-bond donors (Lipinski definition) is 2. The first kappa shape index (κ1) is 11.5. The second-order valence-corrected chi connectivity index (χ2v) is 4.84. The molecule has 0 radical (unpaired) electrons. The second-order valence-electron chi connectivity index (χ2n) is 4.84. The molecule has 0 atom stereocenters. The highest BCUT2D eigenvalue weighted by Gasteiger charge is 2.36. The lowest BCUT2D eigenvalue weighted by Gasteiger charge is -2.40. The highest BCUT2D eigenvalue weighted by molar-refractivity contribution is 5.77. The van der Waals surface area contributed by atoms with E-state index in [9.17, 15) is 4.39 Å². The summed E-state index contributed by atoms with van der Waals surface area (Å²) in [7, 11) is 1.74. The molecule has 5 heteroatoms. The number of nitrogens with one attached hydrogen (secondary N) is 2. The Hall–Kier alpha value is -1.62. The van der Waals surface area contributed by atoms with Gasteiger partial charge in [-0.3, -0.25) is 0 Å². The van der Waals surface area contributed by atoms with Crippen molar-refractivity contribution < 1.29 is 9.13 Å². The molecule has 3 rings (SSSR count). The van der Waals surface area contributed by atoms with Crippen LogP contribution in [-0.2, 0) is 4.74 Å². The maximum absolute atomic E-state index is 13.1. The lowest BCUT2D eigenvalue weighted by atomic mass is 9.80. The number of aromatic nitrogens is 2. The topological polar surface area (TPSA) is 49.9 Å². The Bertz CT molecular complexity index is 557. The summed E-state index contributed by atoms with van der Waals surface area (Å²) < 4.78 is 18.6. The molecule has 2 N–H and O–H groups in total. The number of aromatic amines is 1. The van der Waals surface area contributed by atoms with Crippen LogP contribution in [0.5, 0.6) is 0 Å². The first-order valence-corrected chi connectivity index (χ1v) is 6.15. The van der Waals surface area contributed by atoms with Gasteiger partial charge >= 0.3 is 0 Å². The highest BCUT2D eigenvalue weighted by atomic mass is 19.1. The lowest BCUT2D eigenvalue weighted by molar-refractivity contribution is -0.0602. The van der Waals surface area contributed by atoms with E-state index in [4.69, 9.17) is 4.74 Å². The predicted octanol–water partition coefficient (Wildman–Crippen LogP) is 2.68. The third-order valence-electron chi connectivity index (χ3n) is 3.72. The number of hydrogen-bond acceptors (Lipinski definition) is 3. The Balaban J connectivity index is 1.74. The van der Waals surface area contributed by atoms with E-state index in [1.54, 1.807) is 13.2 Å². The summed E-state index contributed by atoms with van der Waals surface area (Å²) >= 11 is 0. The van der Waals surface area contributed by atoms with Gasteiger partial charge in [0, 0.05) is 13.7 Å². The first-order valence-electron chi connectivity index (χ1n) is 6.15. The number of imidazole rings is 1. The molecule has 1 saturated carbocycles. The van der Waals surface area contributed by atoms with Gasteiger partial charge in [0.25, 0.3) is 0 Å². The summed E-state index contributed by atoms with van der Waals surface area (Å²) in [6, 6.07) is 4.53. The van der Waals surface area contributed by atoms with Crippen molar-refractivity contribution in [3.8, 4) is 0 Å². The minimum atomic E-state index is -0.259. The molecule has 0 spiro atoms. The van der Waals surface area contributed by atoms with E-state index in [0.717, 1.165) is 24.9 Å². The van der Waals surface area contributed by atoms with Crippen molar-refractivity contribution in [2.75, 3.05) is 19.0 Å². The molecular formula is C13H16FN3O. The maximum atomic E-state index is 13.1. The van der Waals surface area contributed by atoms with Crippen LogP contribution in [-0.4, -0.2) is 29.2 Å². The van der Waals surface area contributed by atoms with Crippen LogP contribution in [0.1, 0.15) is 19.3 Å². The molecular weight excluding hydrogens is 233 g/mol. The smallest absolute Gasteiger partial charge is 0.201 e. The maximum Gasteiger partial charge on any atom is 0.201 e. The van der Waals surface area contributed by atoms with Gasteiger partial charge in [-0.1, -0.05) is 0 Å².